The smallest absolute Gasteiger partial charge is 0.0875 e. The number of hydrogen-bond acceptors (Lipinski definition) is 1. The maximum absolute atomic E-state index is 5.02. The molecule has 0 aromatic heterocycles. The lowest BCUT2D eigenvalue weighted by Crippen LogP contribution is -1.92. The summed E-state index contributed by atoms with van der Waals surface area (Å²) in [5.74, 6) is 0.737. The predicted octanol–water partition coefficient (Wildman–Crippen LogP) is 1.62. The van der Waals surface area contributed by atoms with E-state index in [0.29, 0.717) is 0 Å². The van der Waals surface area contributed by atoms with Gasteiger partial charge in [-0.1, -0.05) is 22.6 Å². The molecule has 0 saturated carbocycles. The zero-order valence-corrected chi connectivity index (χ0v) is 6.22. The van der Waals surface area contributed by atoms with E-state index in [0.717, 1.165) is 12.5 Å². The lowest BCUT2D eigenvalue weighted by atomic mass is 10.2. The fraction of sp³-hybridized carbons (Fsp3) is 0.800. The molecule has 1 rings (SSSR count). The molecule has 1 saturated heterocycles. The Kier molecular flexibility index (Phi) is 2.38. The van der Waals surface area contributed by atoms with Crippen LogP contribution in [0.2, 0.25) is 0 Å². The van der Waals surface area contributed by atoms with Crippen LogP contribution in [-0.2, 0) is 4.74 Å². The van der Waals surface area contributed by atoms with E-state index in [1.54, 1.807) is 0 Å². The van der Waals surface area contributed by atoms with Crippen LogP contribution in [0.15, 0.2) is 0 Å². The first-order valence-electron chi connectivity index (χ1n) is 2.44. The van der Waals surface area contributed by atoms with Crippen LogP contribution in [0.25, 0.3) is 0 Å². The fourth-order valence-corrected chi connectivity index (χ4v) is 1.25. The molecular formula is C5H8IO. The van der Waals surface area contributed by atoms with Crippen molar-refractivity contribution in [3.05, 3.63) is 6.61 Å². The number of rotatable bonds is 1. The van der Waals surface area contributed by atoms with Crippen molar-refractivity contribution in [2.75, 3.05) is 11.0 Å². The van der Waals surface area contributed by atoms with Crippen LogP contribution < -0.4 is 0 Å². The van der Waals surface area contributed by atoms with Crippen molar-refractivity contribution in [1.82, 2.24) is 0 Å². The molecule has 1 aliphatic rings. The van der Waals surface area contributed by atoms with Crippen molar-refractivity contribution in [2.24, 2.45) is 5.92 Å². The highest BCUT2D eigenvalue weighted by molar-refractivity contribution is 14.1. The summed E-state index contributed by atoms with van der Waals surface area (Å²) in [6.07, 6.45) is 1.23. The molecule has 1 fully saturated rings. The van der Waals surface area contributed by atoms with Crippen LogP contribution in [0.5, 0.6) is 0 Å². The quantitative estimate of drug-likeness (QED) is 0.473. The monoisotopic (exact) mass is 211 g/mol. The highest BCUT2D eigenvalue weighted by atomic mass is 127. The second-order valence-corrected chi connectivity index (χ2v) is 2.59. The van der Waals surface area contributed by atoms with Gasteiger partial charge in [0.2, 0.25) is 0 Å². The van der Waals surface area contributed by atoms with Crippen molar-refractivity contribution in [3.8, 4) is 0 Å². The average molecular weight is 211 g/mol. The van der Waals surface area contributed by atoms with Gasteiger partial charge in [0.15, 0.2) is 0 Å². The maximum Gasteiger partial charge on any atom is 0.0875 e. The summed E-state index contributed by atoms with van der Waals surface area (Å²) in [5.41, 5.74) is 0. The number of alkyl halides is 1. The van der Waals surface area contributed by atoms with Gasteiger partial charge in [0.25, 0.3) is 0 Å². The van der Waals surface area contributed by atoms with Crippen molar-refractivity contribution >= 4 is 22.6 Å². The lowest BCUT2D eigenvalue weighted by molar-refractivity contribution is 0.250. The minimum atomic E-state index is 0.737. The van der Waals surface area contributed by atoms with E-state index < -0.39 is 0 Å². The van der Waals surface area contributed by atoms with Crippen molar-refractivity contribution < 1.29 is 4.74 Å². The summed E-state index contributed by atoms with van der Waals surface area (Å²) in [4.78, 5) is 0. The molecule has 1 heterocycles. The van der Waals surface area contributed by atoms with E-state index in [2.05, 4.69) is 22.6 Å². The summed E-state index contributed by atoms with van der Waals surface area (Å²) < 4.78 is 6.22. The Morgan fingerprint density at radius 1 is 1.86 bits per heavy atom. The predicted molar refractivity (Wildman–Crippen MR) is 37.2 cm³/mol. The van der Waals surface area contributed by atoms with Gasteiger partial charge in [0.05, 0.1) is 6.61 Å². The van der Waals surface area contributed by atoms with Gasteiger partial charge in [-0.3, -0.25) is 0 Å². The van der Waals surface area contributed by atoms with E-state index in [4.69, 9.17) is 4.74 Å². The van der Waals surface area contributed by atoms with E-state index in [-0.39, 0.29) is 0 Å². The zero-order valence-electron chi connectivity index (χ0n) is 4.06. The highest BCUT2D eigenvalue weighted by Crippen LogP contribution is 2.18. The molecule has 2 heteroatoms. The van der Waals surface area contributed by atoms with Gasteiger partial charge in [-0.25, -0.2) is 0 Å². The standard InChI is InChI=1S/C5H8IO/c6-3-5-1-2-7-4-5/h4-5H,1-3H2. The van der Waals surface area contributed by atoms with Gasteiger partial charge >= 0.3 is 0 Å². The van der Waals surface area contributed by atoms with Gasteiger partial charge in [0.1, 0.15) is 0 Å². The Labute approximate surface area is 57.6 Å². The third-order valence-electron chi connectivity index (χ3n) is 1.09. The molecule has 1 radical (unpaired) electrons. The van der Waals surface area contributed by atoms with E-state index in [1.807, 2.05) is 6.61 Å². The molecule has 0 bridgehead atoms. The van der Waals surface area contributed by atoms with Crippen LogP contribution in [0.1, 0.15) is 6.42 Å². The number of halogens is 1. The summed E-state index contributed by atoms with van der Waals surface area (Å²) in [6, 6.07) is 0. The van der Waals surface area contributed by atoms with Gasteiger partial charge in [-0.15, -0.1) is 0 Å². The van der Waals surface area contributed by atoms with Crippen LogP contribution >= 0.6 is 22.6 Å². The molecule has 0 aliphatic carbocycles. The Morgan fingerprint density at radius 3 is 3.00 bits per heavy atom. The Bertz CT molecular complexity index is 50.0. The number of ether oxygens (including phenoxy) is 1. The normalized spacial score (nSPS) is 31.3. The summed E-state index contributed by atoms with van der Waals surface area (Å²) in [6.45, 7) is 2.89. The molecule has 0 amide bonds. The molecule has 1 nitrogen and oxygen atoms in total. The molecule has 0 N–H and O–H groups in total. The Hall–Kier alpha value is 0.690. The average Bonchev–Trinajstić information content (AvgIpc) is 2.14. The first kappa shape index (κ1) is 5.82. The Balaban J connectivity index is 2.14. The minimum Gasteiger partial charge on any atom is -0.375 e. The second kappa shape index (κ2) is 2.87. The van der Waals surface area contributed by atoms with Crippen LogP contribution in [0, 0.1) is 12.5 Å². The van der Waals surface area contributed by atoms with E-state index in [1.165, 1.54) is 10.8 Å². The second-order valence-electron chi connectivity index (χ2n) is 1.71. The van der Waals surface area contributed by atoms with Gasteiger partial charge in [-0.05, 0) is 12.3 Å². The molecule has 1 atom stereocenters. The topological polar surface area (TPSA) is 9.23 Å². The van der Waals surface area contributed by atoms with Gasteiger partial charge < -0.3 is 4.74 Å². The third-order valence-corrected chi connectivity index (χ3v) is 2.22. The maximum atomic E-state index is 5.02. The Morgan fingerprint density at radius 2 is 2.71 bits per heavy atom. The fourth-order valence-electron chi connectivity index (χ4n) is 0.605. The molecule has 0 aromatic carbocycles. The summed E-state index contributed by atoms with van der Waals surface area (Å²) >= 11 is 2.38. The third kappa shape index (κ3) is 1.57. The van der Waals surface area contributed by atoms with Gasteiger partial charge in [0, 0.05) is 11.0 Å². The molecule has 41 valence electrons. The van der Waals surface area contributed by atoms with Crippen molar-refractivity contribution in [2.45, 2.75) is 6.42 Å². The largest absolute Gasteiger partial charge is 0.375 e. The van der Waals surface area contributed by atoms with E-state index in [9.17, 15) is 0 Å². The van der Waals surface area contributed by atoms with Crippen LogP contribution in [-0.4, -0.2) is 11.0 Å². The zero-order chi connectivity index (χ0) is 5.11. The van der Waals surface area contributed by atoms with Crippen molar-refractivity contribution in [1.29, 1.82) is 0 Å². The van der Waals surface area contributed by atoms with E-state index >= 15 is 0 Å². The molecule has 0 spiro atoms. The molecule has 1 aliphatic heterocycles. The van der Waals surface area contributed by atoms with Gasteiger partial charge in [-0.2, -0.15) is 0 Å². The van der Waals surface area contributed by atoms with Crippen molar-refractivity contribution in [3.63, 3.8) is 0 Å². The first-order valence-corrected chi connectivity index (χ1v) is 3.97. The minimum absolute atomic E-state index is 0.737. The molecule has 0 aromatic rings. The highest BCUT2D eigenvalue weighted by Gasteiger charge is 2.13. The summed E-state index contributed by atoms with van der Waals surface area (Å²) in [7, 11) is 0. The lowest BCUT2D eigenvalue weighted by Gasteiger charge is -1.95. The van der Waals surface area contributed by atoms with Crippen LogP contribution in [0.3, 0.4) is 0 Å². The van der Waals surface area contributed by atoms with Crippen LogP contribution in [0.4, 0.5) is 0 Å². The molecule has 7 heavy (non-hydrogen) atoms. The summed E-state index contributed by atoms with van der Waals surface area (Å²) in [5, 5.41) is 0. The SMILES string of the molecule is ICC1[CH]OCC1. The molecule has 1 unspecified atom stereocenters. The number of hydrogen-bond donors (Lipinski definition) is 0. The first-order chi connectivity index (χ1) is 3.43. The molecular weight excluding hydrogens is 203 g/mol.